The maximum Gasteiger partial charge on any atom is 0.311 e. The van der Waals surface area contributed by atoms with Crippen molar-refractivity contribution in [3.8, 4) is 11.5 Å². The number of rotatable bonds is 11. The number of aryl methyl sites for hydroxylation is 1. The van der Waals surface area contributed by atoms with E-state index in [0.717, 1.165) is 4.31 Å². The summed E-state index contributed by atoms with van der Waals surface area (Å²) in [6, 6.07) is 17.5. The summed E-state index contributed by atoms with van der Waals surface area (Å²) in [5.41, 5.74) is 3.69. The van der Waals surface area contributed by atoms with Crippen LogP contribution >= 0.6 is 0 Å². The topological polar surface area (TPSA) is 140 Å². The number of hydrogen-bond acceptors (Lipinski definition) is 8. The van der Waals surface area contributed by atoms with Crippen LogP contribution in [0.4, 0.5) is 5.69 Å². The first-order chi connectivity index (χ1) is 17.6. The average molecular weight is 527 g/mol. The van der Waals surface area contributed by atoms with E-state index in [0.29, 0.717) is 22.4 Å². The second-order valence-corrected chi connectivity index (χ2v) is 9.81. The average Bonchev–Trinajstić information content (AvgIpc) is 2.88. The summed E-state index contributed by atoms with van der Waals surface area (Å²) in [6.07, 6.45) is 1.22. The first-order valence-electron chi connectivity index (χ1n) is 11.0. The number of nitro groups is 1. The Bertz CT molecular complexity index is 1410. The van der Waals surface area contributed by atoms with Gasteiger partial charge in [0.05, 0.1) is 36.8 Å². The van der Waals surface area contributed by atoms with Crippen LogP contribution in [0.3, 0.4) is 0 Å². The van der Waals surface area contributed by atoms with Crippen LogP contribution in [0.25, 0.3) is 0 Å². The van der Waals surface area contributed by atoms with Crippen molar-refractivity contribution in [2.45, 2.75) is 18.4 Å². The molecule has 1 N–H and O–H groups in total. The fourth-order valence-corrected chi connectivity index (χ4v) is 4.95. The molecule has 11 nitrogen and oxygen atoms in total. The first-order valence-corrected chi connectivity index (χ1v) is 12.4. The molecular weight excluding hydrogens is 500 g/mol. The van der Waals surface area contributed by atoms with E-state index >= 15 is 0 Å². The summed E-state index contributed by atoms with van der Waals surface area (Å²) in [5.74, 6) is -0.0647. The van der Waals surface area contributed by atoms with E-state index in [1.54, 1.807) is 43.3 Å². The van der Waals surface area contributed by atoms with E-state index in [9.17, 15) is 23.3 Å². The molecular formula is C25H26N4O7S. The highest BCUT2D eigenvalue weighted by atomic mass is 32.2. The number of hydrogen-bond donors (Lipinski definition) is 1. The van der Waals surface area contributed by atoms with Crippen LogP contribution in [0.5, 0.6) is 11.5 Å². The lowest BCUT2D eigenvalue weighted by molar-refractivity contribution is -0.385. The van der Waals surface area contributed by atoms with Gasteiger partial charge in [-0.15, -0.1) is 0 Å². The Hall–Kier alpha value is -4.29. The zero-order chi connectivity index (χ0) is 27.0. The third-order valence-electron chi connectivity index (χ3n) is 5.33. The summed E-state index contributed by atoms with van der Waals surface area (Å²) >= 11 is 0. The monoisotopic (exact) mass is 526 g/mol. The van der Waals surface area contributed by atoms with E-state index in [4.69, 9.17) is 9.47 Å². The van der Waals surface area contributed by atoms with Gasteiger partial charge in [0.1, 0.15) is 5.75 Å². The van der Waals surface area contributed by atoms with Gasteiger partial charge in [-0.2, -0.15) is 9.41 Å². The Kier molecular flexibility index (Phi) is 8.93. The molecule has 0 radical (unpaired) electrons. The Morgan fingerprint density at radius 1 is 1.05 bits per heavy atom. The van der Waals surface area contributed by atoms with Crippen molar-refractivity contribution in [1.82, 2.24) is 9.73 Å². The summed E-state index contributed by atoms with van der Waals surface area (Å²) in [6.45, 7) is 1.17. The van der Waals surface area contributed by atoms with E-state index in [1.807, 2.05) is 0 Å². The molecule has 1 amide bonds. The molecule has 0 bridgehead atoms. The van der Waals surface area contributed by atoms with Crippen LogP contribution in [0, 0.1) is 17.0 Å². The molecule has 12 heteroatoms. The normalized spacial score (nSPS) is 11.5. The minimum Gasteiger partial charge on any atom is -0.496 e. The number of nitrogens with zero attached hydrogens (tertiary/aromatic N) is 3. The molecule has 0 saturated carbocycles. The molecule has 0 spiro atoms. The van der Waals surface area contributed by atoms with Gasteiger partial charge in [0.15, 0.2) is 5.75 Å². The van der Waals surface area contributed by atoms with Gasteiger partial charge in [-0.25, -0.2) is 13.8 Å². The molecule has 0 aliphatic heterocycles. The van der Waals surface area contributed by atoms with E-state index in [-0.39, 0.29) is 22.9 Å². The lowest BCUT2D eigenvalue weighted by Gasteiger charge is -2.22. The third-order valence-corrected chi connectivity index (χ3v) is 7.12. The molecule has 3 aromatic carbocycles. The van der Waals surface area contributed by atoms with Gasteiger partial charge in [0, 0.05) is 18.2 Å². The van der Waals surface area contributed by atoms with Crippen molar-refractivity contribution >= 4 is 27.8 Å². The maximum absolute atomic E-state index is 13.5. The molecule has 0 saturated heterocycles. The van der Waals surface area contributed by atoms with Crippen molar-refractivity contribution < 1.29 is 27.6 Å². The van der Waals surface area contributed by atoms with Gasteiger partial charge < -0.3 is 9.47 Å². The zero-order valence-electron chi connectivity index (χ0n) is 20.5. The first kappa shape index (κ1) is 27.3. The number of benzene rings is 3. The van der Waals surface area contributed by atoms with Crippen LogP contribution in [0.15, 0.2) is 76.7 Å². The van der Waals surface area contributed by atoms with Crippen LogP contribution in [0.1, 0.15) is 16.7 Å². The smallest absolute Gasteiger partial charge is 0.311 e. The lowest BCUT2D eigenvalue weighted by atomic mass is 10.2. The minimum absolute atomic E-state index is 0.0172. The van der Waals surface area contributed by atoms with Crippen LogP contribution in [0.2, 0.25) is 0 Å². The predicted molar refractivity (Wildman–Crippen MR) is 137 cm³/mol. The summed E-state index contributed by atoms with van der Waals surface area (Å²) in [5, 5.41) is 15.0. The Balaban J connectivity index is 1.81. The SMILES string of the molecule is COc1ccc(S(=O)(=O)N(CC(=O)N/N=C/c2ccc(OC)c([N+](=O)[O-])c2)Cc2ccccc2)cc1C. The van der Waals surface area contributed by atoms with Gasteiger partial charge in [-0.05, 0) is 48.4 Å². The summed E-state index contributed by atoms with van der Waals surface area (Å²) in [4.78, 5) is 23.3. The highest BCUT2D eigenvalue weighted by molar-refractivity contribution is 7.89. The van der Waals surface area contributed by atoms with Crippen molar-refractivity contribution in [2.24, 2.45) is 5.10 Å². The molecule has 0 fully saturated rings. The van der Waals surface area contributed by atoms with Crippen molar-refractivity contribution in [2.75, 3.05) is 20.8 Å². The quantitative estimate of drug-likeness (QED) is 0.230. The second kappa shape index (κ2) is 12.1. The number of hydrazone groups is 1. The molecule has 3 rings (SSSR count). The molecule has 0 heterocycles. The molecule has 194 valence electrons. The number of nitro benzene ring substituents is 1. The summed E-state index contributed by atoms with van der Waals surface area (Å²) in [7, 11) is -1.25. The molecule has 0 atom stereocenters. The molecule has 3 aromatic rings. The van der Waals surface area contributed by atoms with Gasteiger partial charge in [-0.3, -0.25) is 14.9 Å². The number of carbonyl (C=O) groups excluding carboxylic acids is 1. The van der Waals surface area contributed by atoms with Crippen LogP contribution in [-0.2, 0) is 21.4 Å². The van der Waals surface area contributed by atoms with Crippen LogP contribution in [-0.4, -0.2) is 50.5 Å². The number of carbonyl (C=O) groups is 1. The third kappa shape index (κ3) is 6.90. The number of nitrogens with one attached hydrogen (secondary N) is 1. The molecule has 0 unspecified atom stereocenters. The fraction of sp³-hybridized carbons (Fsp3) is 0.200. The molecule has 0 aliphatic carbocycles. The predicted octanol–water partition coefficient (Wildman–Crippen LogP) is 3.26. The fourth-order valence-electron chi connectivity index (χ4n) is 3.48. The number of amides is 1. The van der Waals surface area contributed by atoms with Gasteiger partial charge >= 0.3 is 5.69 Å². The standard InChI is InChI=1S/C25H26N4O7S/c1-18-13-21(10-12-23(18)35-2)37(33,34)28(16-19-7-5-4-6-8-19)17-25(30)27-26-15-20-9-11-24(36-3)22(14-20)29(31)32/h4-15H,16-17H2,1-3H3,(H,27,30)/b26-15+. The second-order valence-electron chi connectivity index (χ2n) is 7.87. The number of sulfonamides is 1. The van der Waals surface area contributed by atoms with Crippen molar-refractivity contribution in [3.05, 3.63) is 93.5 Å². The largest absolute Gasteiger partial charge is 0.496 e. The lowest BCUT2D eigenvalue weighted by Crippen LogP contribution is -2.39. The van der Waals surface area contributed by atoms with Crippen molar-refractivity contribution in [1.29, 1.82) is 0 Å². The van der Waals surface area contributed by atoms with Crippen molar-refractivity contribution in [3.63, 3.8) is 0 Å². The summed E-state index contributed by atoms with van der Waals surface area (Å²) < 4.78 is 38.2. The molecule has 37 heavy (non-hydrogen) atoms. The van der Waals surface area contributed by atoms with E-state index < -0.39 is 27.4 Å². The Morgan fingerprint density at radius 2 is 1.73 bits per heavy atom. The van der Waals surface area contributed by atoms with Gasteiger partial charge in [0.2, 0.25) is 10.0 Å². The number of ether oxygens (including phenoxy) is 2. The maximum atomic E-state index is 13.5. The van der Waals surface area contributed by atoms with Crippen LogP contribution < -0.4 is 14.9 Å². The van der Waals surface area contributed by atoms with E-state index in [1.165, 1.54) is 50.8 Å². The highest BCUT2D eigenvalue weighted by Gasteiger charge is 2.27. The highest BCUT2D eigenvalue weighted by Crippen LogP contribution is 2.27. The molecule has 0 aliphatic rings. The Morgan fingerprint density at radius 3 is 2.35 bits per heavy atom. The Labute approximate surface area is 214 Å². The molecule has 0 aromatic heterocycles. The van der Waals surface area contributed by atoms with E-state index in [2.05, 4.69) is 10.5 Å². The zero-order valence-corrected chi connectivity index (χ0v) is 21.3. The van der Waals surface area contributed by atoms with Gasteiger partial charge in [0.25, 0.3) is 5.91 Å². The number of methoxy groups -OCH3 is 2. The minimum atomic E-state index is -4.07. The van der Waals surface area contributed by atoms with Gasteiger partial charge in [-0.1, -0.05) is 30.3 Å².